The number of ether oxygens (including phenoxy) is 1. The van der Waals surface area contributed by atoms with Crippen LogP contribution in [0.5, 0.6) is 5.75 Å². The first-order chi connectivity index (χ1) is 9.04. The van der Waals surface area contributed by atoms with E-state index in [0.717, 1.165) is 10.0 Å². The van der Waals surface area contributed by atoms with Crippen molar-refractivity contribution in [3.63, 3.8) is 0 Å². The number of likely N-dealkylation sites (N-methyl/N-ethyl adjacent to an activating group) is 1. The predicted molar refractivity (Wildman–Crippen MR) is 73.5 cm³/mol. The quantitative estimate of drug-likeness (QED) is 0.896. The van der Waals surface area contributed by atoms with Gasteiger partial charge in [0.1, 0.15) is 12.2 Å². The SMILES string of the molecule is COc1ccc(Br)c(C(CO)N(C)C(=O)CC#N)c1. The van der Waals surface area contributed by atoms with E-state index in [1.807, 2.05) is 0 Å². The minimum atomic E-state index is -0.523. The molecule has 1 amide bonds. The Kier molecular flexibility index (Phi) is 5.80. The second-order valence-electron chi connectivity index (χ2n) is 3.93. The number of nitriles is 1. The van der Waals surface area contributed by atoms with E-state index in [1.165, 1.54) is 4.90 Å². The fraction of sp³-hybridized carbons (Fsp3) is 0.385. The number of aliphatic hydroxyl groups excluding tert-OH is 1. The van der Waals surface area contributed by atoms with Crippen LogP contribution in [0.15, 0.2) is 22.7 Å². The van der Waals surface area contributed by atoms with Crippen molar-refractivity contribution in [2.75, 3.05) is 20.8 Å². The average molecular weight is 327 g/mol. The summed E-state index contributed by atoms with van der Waals surface area (Å²) in [6.07, 6.45) is -0.214. The Morgan fingerprint density at radius 1 is 1.63 bits per heavy atom. The minimum Gasteiger partial charge on any atom is -0.497 e. The molecule has 0 aliphatic heterocycles. The van der Waals surface area contributed by atoms with Gasteiger partial charge in [0.15, 0.2) is 0 Å². The maximum Gasteiger partial charge on any atom is 0.237 e. The lowest BCUT2D eigenvalue weighted by Gasteiger charge is -2.27. The zero-order valence-corrected chi connectivity index (χ0v) is 12.3. The third-order valence-corrected chi connectivity index (χ3v) is 3.55. The molecule has 102 valence electrons. The summed E-state index contributed by atoms with van der Waals surface area (Å²) in [5.74, 6) is 0.300. The molecule has 1 atom stereocenters. The minimum absolute atomic E-state index is 0.214. The molecule has 0 saturated carbocycles. The monoisotopic (exact) mass is 326 g/mol. The van der Waals surface area contributed by atoms with Crippen LogP contribution in [-0.2, 0) is 4.79 Å². The van der Waals surface area contributed by atoms with E-state index < -0.39 is 6.04 Å². The number of methoxy groups -OCH3 is 1. The largest absolute Gasteiger partial charge is 0.497 e. The molecule has 0 aromatic heterocycles. The van der Waals surface area contributed by atoms with E-state index in [9.17, 15) is 9.90 Å². The first-order valence-electron chi connectivity index (χ1n) is 5.62. The van der Waals surface area contributed by atoms with Crippen LogP contribution >= 0.6 is 15.9 Å². The van der Waals surface area contributed by atoms with Gasteiger partial charge in [0, 0.05) is 11.5 Å². The maximum atomic E-state index is 11.7. The number of amides is 1. The van der Waals surface area contributed by atoms with Crippen LogP contribution < -0.4 is 4.74 Å². The number of carbonyl (C=O) groups excluding carboxylic acids is 1. The van der Waals surface area contributed by atoms with Crippen LogP contribution in [0, 0.1) is 11.3 Å². The van der Waals surface area contributed by atoms with E-state index >= 15 is 0 Å². The van der Waals surface area contributed by atoms with Crippen molar-refractivity contribution in [1.29, 1.82) is 5.26 Å². The number of halogens is 1. The first kappa shape index (κ1) is 15.5. The highest BCUT2D eigenvalue weighted by Crippen LogP contribution is 2.30. The molecular formula is C13H15BrN2O3. The Bertz CT molecular complexity index is 499. The van der Waals surface area contributed by atoms with Gasteiger partial charge in [-0.15, -0.1) is 0 Å². The van der Waals surface area contributed by atoms with Gasteiger partial charge in [0.05, 0.1) is 25.8 Å². The molecule has 1 unspecified atom stereocenters. The third kappa shape index (κ3) is 3.69. The van der Waals surface area contributed by atoms with Gasteiger partial charge >= 0.3 is 0 Å². The average Bonchev–Trinajstić information content (AvgIpc) is 2.41. The molecule has 0 aliphatic carbocycles. The molecule has 0 bridgehead atoms. The summed E-state index contributed by atoms with van der Waals surface area (Å²) >= 11 is 3.39. The van der Waals surface area contributed by atoms with Crippen molar-refractivity contribution in [1.82, 2.24) is 4.90 Å². The number of hydrogen-bond donors (Lipinski definition) is 1. The fourth-order valence-corrected chi connectivity index (χ4v) is 2.21. The molecule has 6 heteroatoms. The topological polar surface area (TPSA) is 73.6 Å². The highest BCUT2D eigenvalue weighted by molar-refractivity contribution is 9.10. The molecule has 0 saturated heterocycles. The molecule has 0 aliphatic rings. The molecule has 1 rings (SSSR count). The van der Waals surface area contributed by atoms with E-state index in [1.54, 1.807) is 38.4 Å². The predicted octanol–water partition coefficient (Wildman–Crippen LogP) is 1.86. The smallest absolute Gasteiger partial charge is 0.237 e. The van der Waals surface area contributed by atoms with Gasteiger partial charge in [0.25, 0.3) is 0 Å². The van der Waals surface area contributed by atoms with Gasteiger partial charge < -0.3 is 14.7 Å². The van der Waals surface area contributed by atoms with Crippen LogP contribution in [0.4, 0.5) is 0 Å². The third-order valence-electron chi connectivity index (χ3n) is 2.83. The molecule has 1 N–H and O–H groups in total. The van der Waals surface area contributed by atoms with Gasteiger partial charge in [-0.25, -0.2) is 0 Å². The first-order valence-corrected chi connectivity index (χ1v) is 6.41. The van der Waals surface area contributed by atoms with E-state index in [0.29, 0.717) is 5.75 Å². The maximum absolute atomic E-state index is 11.7. The Labute approximate surface area is 120 Å². The van der Waals surface area contributed by atoms with Crippen LogP contribution in [0.25, 0.3) is 0 Å². The molecular weight excluding hydrogens is 312 g/mol. The van der Waals surface area contributed by atoms with Crippen LogP contribution in [0.1, 0.15) is 18.0 Å². The number of benzene rings is 1. The van der Waals surface area contributed by atoms with E-state index in [2.05, 4.69) is 15.9 Å². The standard InChI is InChI=1S/C13H15BrN2O3/c1-16(13(18)5-6-15)12(8-17)10-7-9(19-2)3-4-11(10)14/h3-4,7,12,17H,5,8H2,1-2H3. The van der Waals surface area contributed by atoms with Crippen LogP contribution in [0.3, 0.4) is 0 Å². The van der Waals surface area contributed by atoms with Gasteiger partial charge in [-0.1, -0.05) is 15.9 Å². The molecule has 1 aromatic rings. The highest BCUT2D eigenvalue weighted by Gasteiger charge is 2.23. The van der Waals surface area contributed by atoms with Crippen molar-refractivity contribution < 1.29 is 14.6 Å². The van der Waals surface area contributed by atoms with Crippen molar-refractivity contribution in [2.45, 2.75) is 12.5 Å². The van der Waals surface area contributed by atoms with Crippen LogP contribution in [-0.4, -0.2) is 36.7 Å². The summed E-state index contributed by atoms with van der Waals surface area (Å²) in [5, 5.41) is 18.1. The normalized spacial score (nSPS) is 11.5. The number of carbonyl (C=O) groups is 1. The number of aliphatic hydroxyl groups is 1. The Balaban J connectivity index is 3.09. The summed E-state index contributed by atoms with van der Waals surface area (Å²) in [6, 6.07) is 6.60. The second kappa shape index (κ2) is 7.12. The van der Waals surface area contributed by atoms with Gasteiger partial charge in [0.2, 0.25) is 5.91 Å². The molecule has 0 heterocycles. The van der Waals surface area contributed by atoms with Gasteiger partial charge in [-0.2, -0.15) is 5.26 Å². The van der Waals surface area contributed by atoms with Crippen molar-refractivity contribution in [3.8, 4) is 11.8 Å². The van der Waals surface area contributed by atoms with E-state index in [4.69, 9.17) is 10.00 Å². The molecule has 0 fully saturated rings. The van der Waals surface area contributed by atoms with Crippen molar-refractivity contribution in [2.24, 2.45) is 0 Å². The molecule has 0 radical (unpaired) electrons. The Morgan fingerprint density at radius 3 is 2.84 bits per heavy atom. The zero-order valence-electron chi connectivity index (χ0n) is 10.8. The zero-order chi connectivity index (χ0) is 14.4. The van der Waals surface area contributed by atoms with Crippen molar-refractivity contribution in [3.05, 3.63) is 28.2 Å². The Hall–Kier alpha value is -1.58. The van der Waals surface area contributed by atoms with Crippen LogP contribution in [0.2, 0.25) is 0 Å². The number of nitrogens with zero attached hydrogens (tertiary/aromatic N) is 2. The summed E-state index contributed by atoms with van der Waals surface area (Å²) < 4.78 is 5.90. The number of rotatable bonds is 5. The lowest BCUT2D eigenvalue weighted by molar-refractivity contribution is -0.131. The van der Waals surface area contributed by atoms with Crippen molar-refractivity contribution >= 4 is 21.8 Å². The lowest BCUT2D eigenvalue weighted by Crippen LogP contribution is -2.33. The summed E-state index contributed by atoms with van der Waals surface area (Å²) in [7, 11) is 3.11. The molecule has 0 spiro atoms. The molecule has 1 aromatic carbocycles. The van der Waals surface area contributed by atoms with Gasteiger partial charge in [-0.3, -0.25) is 4.79 Å². The molecule has 5 nitrogen and oxygen atoms in total. The summed E-state index contributed by atoms with van der Waals surface area (Å²) in [5.41, 5.74) is 0.732. The highest BCUT2D eigenvalue weighted by atomic mass is 79.9. The van der Waals surface area contributed by atoms with E-state index in [-0.39, 0.29) is 18.9 Å². The lowest BCUT2D eigenvalue weighted by atomic mass is 10.1. The Morgan fingerprint density at radius 2 is 2.32 bits per heavy atom. The molecule has 19 heavy (non-hydrogen) atoms. The fourth-order valence-electron chi connectivity index (χ4n) is 1.70. The summed E-state index contributed by atoms with van der Waals surface area (Å²) in [4.78, 5) is 13.1. The number of hydrogen-bond acceptors (Lipinski definition) is 4. The summed E-state index contributed by atoms with van der Waals surface area (Å²) in [6.45, 7) is -0.237. The van der Waals surface area contributed by atoms with Gasteiger partial charge in [-0.05, 0) is 23.8 Å². The second-order valence-corrected chi connectivity index (χ2v) is 4.78.